The first-order valence-corrected chi connectivity index (χ1v) is 9.35. The molecule has 4 aromatic rings. The van der Waals surface area contributed by atoms with Crippen molar-refractivity contribution in [2.45, 2.75) is 6.92 Å². The lowest BCUT2D eigenvalue weighted by Crippen LogP contribution is -2.20. The van der Waals surface area contributed by atoms with E-state index in [0.29, 0.717) is 35.2 Å². The minimum atomic E-state index is -0.274. The third-order valence-corrected chi connectivity index (χ3v) is 4.07. The third kappa shape index (κ3) is 4.67. The van der Waals surface area contributed by atoms with Crippen LogP contribution in [0.4, 0.5) is 5.69 Å². The van der Waals surface area contributed by atoms with Gasteiger partial charge in [-0.15, -0.1) is 0 Å². The third-order valence-electron chi connectivity index (χ3n) is 4.07. The molecule has 0 saturated heterocycles. The molecule has 4 rings (SSSR count). The zero-order chi connectivity index (χ0) is 20.8. The molecule has 0 fully saturated rings. The maximum atomic E-state index is 12.2. The van der Waals surface area contributed by atoms with Gasteiger partial charge in [-0.05, 0) is 55.5 Å². The van der Waals surface area contributed by atoms with E-state index >= 15 is 0 Å². The van der Waals surface area contributed by atoms with Crippen LogP contribution in [0.2, 0.25) is 0 Å². The van der Waals surface area contributed by atoms with E-state index in [-0.39, 0.29) is 18.4 Å². The van der Waals surface area contributed by atoms with Gasteiger partial charge in [-0.2, -0.15) is 4.98 Å². The van der Waals surface area contributed by atoms with E-state index in [9.17, 15) is 4.79 Å². The molecule has 152 valence electrons. The summed E-state index contributed by atoms with van der Waals surface area (Å²) in [7, 11) is 0. The average Bonchev–Trinajstić information content (AvgIpc) is 3.46. The monoisotopic (exact) mass is 405 g/mol. The van der Waals surface area contributed by atoms with Crippen LogP contribution >= 0.6 is 0 Å². The fraction of sp³-hybridized carbons (Fsp3) is 0.136. The van der Waals surface area contributed by atoms with Crippen LogP contribution in [-0.2, 0) is 4.79 Å². The number of rotatable bonds is 8. The lowest BCUT2D eigenvalue weighted by molar-refractivity contribution is -0.118. The van der Waals surface area contributed by atoms with Crippen LogP contribution in [0.1, 0.15) is 6.92 Å². The van der Waals surface area contributed by atoms with Gasteiger partial charge in [0.1, 0.15) is 11.5 Å². The molecule has 0 saturated carbocycles. The number of furan rings is 1. The lowest BCUT2D eigenvalue weighted by atomic mass is 10.2. The van der Waals surface area contributed by atoms with Gasteiger partial charge < -0.3 is 23.7 Å². The summed E-state index contributed by atoms with van der Waals surface area (Å²) in [4.78, 5) is 16.5. The highest BCUT2D eigenvalue weighted by atomic mass is 16.5. The molecular weight excluding hydrogens is 386 g/mol. The number of amides is 1. The van der Waals surface area contributed by atoms with E-state index in [1.54, 1.807) is 54.6 Å². The molecule has 8 heteroatoms. The van der Waals surface area contributed by atoms with Crippen LogP contribution in [0.3, 0.4) is 0 Å². The molecule has 0 spiro atoms. The second kappa shape index (κ2) is 8.95. The number of hydrogen-bond acceptors (Lipinski definition) is 7. The molecule has 2 aromatic carbocycles. The van der Waals surface area contributed by atoms with Gasteiger partial charge in [0.2, 0.25) is 5.82 Å². The summed E-state index contributed by atoms with van der Waals surface area (Å²) < 4.78 is 21.5. The van der Waals surface area contributed by atoms with Gasteiger partial charge in [-0.3, -0.25) is 4.79 Å². The molecule has 2 heterocycles. The van der Waals surface area contributed by atoms with E-state index in [2.05, 4.69) is 15.5 Å². The molecule has 0 aliphatic carbocycles. The Hall–Kier alpha value is -4.07. The van der Waals surface area contributed by atoms with Crippen molar-refractivity contribution in [3.05, 3.63) is 66.9 Å². The number of nitrogens with zero attached hydrogens (tertiary/aromatic N) is 2. The van der Waals surface area contributed by atoms with E-state index in [1.807, 2.05) is 13.0 Å². The number of carbonyl (C=O) groups is 1. The minimum absolute atomic E-state index is 0.138. The van der Waals surface area contributed by atoms with Gasteiger partial charge in [-0.1, -0.05) is 17.3 Å². The van der Waals surface area contributed by atoms with Crippen molar-refractivity contribution in [3.8, 4) is 34.5 Å². The Morgan fingerprint density at radius 3 is 2.67 bits per heavy atom. The second-order valence-electron chi connectivity index (χ2n) is 6.22. The van der Waals surface area contributed by atoms with Crippen molar-refractivity contribution >= 4 is 11.6 Å². The fourth-order valence-corrected chi connectivity index (χ4v) is 2.71. The van der Waals surface area contributed by atoms with E-state index < -0.39 is 0 Å². The van der Waals surface area contributed by atoms with Crippen LogP contribution in [0, 0.1) is 0 Å². The lowest BCUT2D eigenvalue weighted by Gasteiger charge is -2.09. The number of nitrogens with one attached hydrogen (secondary N) is 1. The normalized spacial score (nSPS) is 10.6. The Kier molecular flexibility index (Phi) is 5.75. The van der Waals surface area contributed by atoms with Gasteiger partial charge in [0.15, 0.2) is 12.4 Å². The summed E-state index contributed by atoms with van der Waals surface area (Å²) in [5, 5.41) is 6.74. The largest absolute Gasteiger partial charge is 0.494 e. The van der Waals surface area contributed by atoms with E-state index in [0.717, 1.165) is 5.75 Å². The van der Waals surface area contributed by atoms with Crippen LogP contribution in [0.5, 0.6) is 11.5 Å². The molecule has 0 radical (unpaired) electrons. The van der Waals surface area contributed by atoms with Crippen molar-refractivity contribution in [3.63, 3.8) is 0 Å². The smallest absolute Gasteiger partial charge is 0.293 e. The number of benzene rings is 2. The quantitative estimate of drug-likeness (QED) is 0.463. The molecule has 1 N–H and O–H groups in total. The van der Waals surface area contributed by atoms with Crippen molar-refractivity contribution in [2.24, 2.45) is 0 Å². The summed E-state index contributed by atoms with van der Waals surface area (Å²) in [6.45, 7) is 2.37. The van der Waals surface area contributed by atoms with Crippen molar-refractivity contribution in [2.75, 3.05) is 18.5 Å². The highest BCUT2D eigenvalue weighted by Crippen LogP contribution is 2.25. The maximum absolute atomic E-state index is 12.2. The zero-order valence-corrected chi connectivity index (χ0v) is 16.2. The zero-order valence-electron chi connectivity index (χ0n) is 16.2. The maximum Gasteiger partial charge on any atom is 0.293 e. The highest BCUT2D eigenvalue weighted by Gasteiger charge is 2.13. The van der Waals surface area contributed by atoms with Crippen molar-refractivity contribution < 1.29 is 23.2 Å². The van der Waals surface area contributed by atoms with Crippen molar-refractivity contribution in [1.82, 2.24) is 10.1 Å². The molecule has 0 unspecified atom stereocenters. The summed E-state index contributed by atoms with van der Waals surface area (Å²) in [6, 6.07) is 17.7. The van der Waals surface area contributed by atoms with Crippen LogP contribution in [0.15, 0.2) is 75.9 Å². The first kappa shape index (κ1) is 19.3. The van der Waals surface area contributed by atoms with Crippen LogP contribution in [-0.4, -0.2) is 29.3 Å². The molecule has 2 aromatic heterocycles. The van der Waals surface area contributed by atoms with Gasteiger partial charge in [0, 0.05) is 11.3 Å². The number of carbonyl (C=O) groups excluding carboxylic acids is 1. The van der Waals surface area contributed by atoms with Gasteiger partial charge in [0.25, 0.3) is 11.8 Å². The number of anilines is 1. The van der Waals surface area contributed by atoms with Gasteiger partial charge in [0.05, 0.1) is 12.9 Å². The van der Waals surface area contributed by atoms with Crippen molar-refractivity contribution in [1.29, 1.82) is 0 Å². The number of aromatic nitrogens is 2. The highest BCUT2D eigenvalue weighted by molar-refractivity contribution is 5.91. The SMILES string of the molecule is CCOc1ccc(NC(=O)COc2cccc(-c3noc(-c4ccco4)n3)c2)cc1. The predicted octanol–water partition coefficient (Wildman–Crippen LogP) is 4.41. The minimum Gasteiger partial charge on any atom is -0.494 e. The number of hydrogen-bond donors (Lipinski definition) is 1. The Morgan fingerprint density at radius 2 is 1.90 bits per heavy atom. The summed E-state index contributed by atoms with van der Waals surface area (Å²) in [6.07, 6.45) is 1.53. The Morgan fingerprint density at radius 1 is 1.03 bits per heavy atom. The molecule has 0 aliphatic heterocycles. The molecule has 1 amide bonds. The first-order chi connectivity index (χ1) is 14.7. The number of ether oxygens (including phenoxy) is 2. The predicted molar refractivity (Wildman–Crippen MR) is 109 cm³/mol. The molecule has 0 aliphatic rings. The topological polar surface area (TPSA) is 99.6 Å². The second-order valence-corrected chi connectivity index (χ2v) is 6.22. The molecule has 30 heavy (non-hydrogen) atoms. The summed E-state index contributed by atoms with van der Waals surface area (Å²) >= 11 is 0. The summed E-state index contributed by atoms with van der Waals surface area (Å²) in [5.74, 6) is 2.16. The average molecular weight is 405 g/mol. The van der Waals surface area contributed by atoms with Crippen LogP contribution in [0.25, 0.3) is 23.0 Å². The summed E-state index contributed by atoms with van der Waals surface area (Å²) in [5.41, 5.74) is 1.36. The molecule has 8 nitrogen and oxygen atoms in total. The van der Waals surface area contributed by atoms with E-state index in [4.69, 9.17) is 18.4 Å². The van der Waals surface area contributed by atoms with Gasteiger partial charge >= 0.3 is 0 Å². The standard InChI is InChI=1S/C22H19N3O5/c1-2-27-17-10-8-16(9-11-17)23-20(26)14-29-18-6-3-5-15(13-18)21-24-22(30-25-21)19-7-4-12-28-19/h3-13H,2,14H2,1H3,(H,23,26). The molecule has 0 bridgehead atoms. The van der Waals surface area contributed by atoms with Crippen LogP contribution < -0.4 is 14.8 Å². The van der Waals surface area contributed by atoms with E-state index in [1.165, 1.54) is 6.26 Å². The Balaban J connectivity index is 1.36. The van der Waals surface area contributed by atoms with Gasteiger partial charge in [-0.25, -0.2) is 0 Å². The molecule has 0 atom stereocenters. The Labute approximate surface area is 172 Å². The Bertz CT molecular complexity index is 1100. The first-order valence-electron chi connectivity index (χ1n) is 9.35. The fourth-order valence-electron chi connectivity index (χ4n) is 2.71. The molecular formula is C22H19N3O5.